The third kappa shape index (κ3) is 5.21. The van der Waals surface area contributed by atoms with Gasteiger partial charge in [0.25, 0.3) is 0 Å². The Morgan fingerprint density at radius 1 is 1.11 bits per heavy atom. The first-order valence-corrected chi connectivity index (χ1v) is 10.5. The van der Waals surface area contributed by atoms with E-state index in [1.165, 1.54) is 15.3 Å². The zero-order chi connectivity index (χ0) is 19.4. The number of thiophene rings is 1. The minimum atomic E-state index is -0.0500. The van der Waals surface area contributed by atoms with Gasteiger partial charge in [-0.1, -0.05) is 0 Å². The molecule has 1 unspecified atom stereocenters. The Labute approximate surface area is 165 Å². The summed E-state index contributed by atoms with van der Waals surface area (Å²) in [4.78, 5) is 33.4. The number of piperazine rings is 1. The molecule has 3 amide bonds. The summed E-state index contributed by atoms with van der Waals surface area (Å²) in [6.07, 6.45) is 0. The van der Waals surface area contributed by atoms with Gasteiger partial charge in [0.05, 0.1) is 25.8 Å². The predicted octanol–water partition coefficient (Wildman–Crippen LogP) is 1.61. The maximum absolute atomic E-state index is 12.6. The highest BCUT2D eigenvalue weighted by Gasteiger charge is 2.26. The number of nitrogens with one attached hydrogen (secondary N) is 1. The SMILES string of the molecule is Cc1cc(C(C)NC(=O)N2CCN(C(=O)CN3CCOCC3)CC2)c(C)s1. The molecule has 0 radical (unpaired) electrons. The van der Waals surface area contributed by atoms with E-state index in [0.717, 1.165) is 13.1 Å². The van der Waals surface area contributed by atoms with Crippen molar-refractivity contribution in [2.24, 2.45) is 0 Å². The maximum Gasteiger partial charge on any atom is 0.317 e. The van der Waals surface area contributed by atoms with Gasteiger partial charge in [0.15, 0.2) is 0 Å². The molecule has 2 saturated heterocycles. The highest BCUT2D eigenvalue weighted by Crippen LogP contribution is 2.26. The summed E-state index contributed by atoms with van der Waals surface area (Å²) >= 11 is 1.76. The van der Waals surface area contributed by atoms with Crippen molar-refractivity contribution in [3.05, 3.63) is 21.4 Å². The molecule has 3 heterocycles. The molecule has 3 rings (SSSR count). The largest absolute Gasteiger partial charge is 0.379 e. The number of morpholine rings is 1. The van der Waals surface area contributed by atoms with Crippen LogP contribution in [0.25, 0.3) is 0 Å². The van der Waals surface area contributed by atoms with Crippen LogP contribution in [0.1, 0.15) is 28.3 Å². The van der Waals surface area contributed by atoms with E-state index in [4.69, 9.17) is 4.74 Å². The van der Waals surface area contributed by atoms with Crippen LogP contribution in [0.15, 0.2) is 6.07 Å². The zero-order valence-electron chi connectivity index (χ0n) is 16.5. The van der Waals surface area contributed by atoms with Crippen LogP contribution >= 0.6 is 11.3 Å². The average Bonchev–Trinajstić information content (AvgIpc) is 3.01. The van der Waals surface area contributed by atoms with Crippen molar-refractivity contribution in [1.82, 2.24) is 20.0 Å². The third-order valence-electron chi connectivity index (χ3n) is 5.27. The molecule has 0 saturated carbocycles. The van der Waals surface area contributed by atoms with Gasteiger partial charge < -0.3 is 19.9 Å². The van der Waals surface area contributed by atoms with E-state index in [0.29, 0.717) is 45.9 Å². The molecule has 2 aliphatic heterocycles. The van der Waals surface area contributed by atoms with Crippen LogP contribution < -0.4 is 5.32 Å². The smallest absolute Gasteiger partial charge is 0.317 e. The van der Waals surface area contributed by atoms with Gasteiger partial charge >= 0.3 is 6.03 Å². The van der Waals surface area contributed by atoms with Crippen molar-refractivity contribution < 1.29 is 14.3 Å². The Balaban J connectivity index is 1.44. The Morgan fingerprint density at radius 3 is 2.33 bits per heavy atom. The molecule has 7 nitrogen and oxygen atoms in total. The van der Waals surface area contributed by atoms with Crippen LogP contribution in [0.3, 0.4) is 0 Å². The number of urea groups is 1. The molecule has 27 heavy (non-hydrogen) atoms. The molecule has 0 spiro atoms. The molecule has 1 aromatic heterocycles. The minimum Gasteiger partial charge on any atom is -0.379 e. The number of rotatable bonds is 4. The van der Waals surface area contributed by atoms with Crippen LogP contribution in [-0.4, -0.2) is 85.7 Å². The average molecular weight is 395 g/mol. The monoisotopic (exact) mass is 394 g/mol. The number of amides is 3. The Morgan fingerprint density at radius 2 is 1.74 bits per heavy atom. The predicted molar refractivity (Wildman–Crippen MR) is 106 cm³/mol. The molecule has 8 heteroatoms. The van der Waals surface area contributed by atoms with Crippen LogP contribution in [0, 0.1) is 13.8 Å². The second kappa shape index (κ2) is 9.03. The van der Waals surface area contributed by atoms with Crippen molar-refractivity contribution in [1.29, 1.82) is 0 Å². The molecule has 1 atom stereocenters. The molecule has 0 aliphatic carbocycles. The van der Waals surface area contributed by atoms with E-state index < -0.39 is 0 Å². The summed E-state index contributed by atoms with van der Waals surface area (Å²) in [6.45, 7) is 12.0. The quantitative estimate of drug-likeness (QED) is 0.843. The first-order valence-electron chi connectivity index (χ1n) is 9.64. The lowest BCUT2D eigenvalue weighted by atomic mass is 10.1. The molecule has 1 aromatic rings. The minimum absolute atomic E-state index is 0.0107. The molecular formula is C19H30N4O3S. The van der Waals surface area contributed by atoms with Gasteiger partial charge in [-0.05, 0) is 32.4 Å². The topological polar surface area (TPSA) is 65.1 Å². The van der Waals surface area contributed by atoms with Crippen LogP contribution in [0.4, 0.5) is 4.79 Å². The van der Waals surface area contributed by atoms with Gasteiger partial charge in [-0.15, -0.1) is 11.3 Å². The highest BCUT2D eigenvalue weighted by molar-refractivity contribution is 7.12. The van der Waals surface area contributed by atoms with E-state index in [1.807, 2.05) is 16.7 Å². The van der Waals surface area contributed by atoms with Crippen LogP contribution in [0.2, 0.25) is 0 Å². The number of nitrogens with zero attached hydrogens (tertiary/aromatic N) is 3. The van der Waals surface area contributed by atoms with Gasteiger partial charge in [-0.2, -0.15) is 0 Å². The lowest BCUT2D eigenvalue weighted by molar-refractivity contribution is -0.134. The van der Waals surface area contributed by atoms with Gasteiger partial charge in [-0.25, -0.2) is 4.79 Å². The summed E-state index contributed by atoms with van der Waals surface area (Å²) in [5.41, 5.74) is 1.19. The van der Waals surface area contributed by atoms with Crippen LogP contribution in [0.5, 0.6) is 0 Å². The number of carbonyl (C=O) groups is 2. The summed E-state index contributed by atoms with van der Waals surface area (Å²) < 4.78 is 5.32. The van der Waals surface area contributed by atoms with Gasteiger partial charge in [-0.3, -0.25) is 9.69 Å². The molecular weight excluding hydrogens is 364 g/mol. The van der Waals surface area contributed by atoms with Crippen molar-refractivity contribution >= 4 is 23.3 Å². The van der Waals surface area contributed by atoms with Crippen molar-refractivity contribution in [3.8, 4) is 0 Å². The second-order valence-corrected chi connectivity index (χ2v) is 8.76. The molecule has 2 aliphatic rings. The molecule has 1 N–H and O–H groups in total. The molecule has 0 aromatic carbocycles. The van der Waals surface area contributed by atoms with Gasteiger partial charge in [0.1, 0.15) is 0 Å². The first-order chi connectivity index (χ1) is 12.9. The van der Waals surface area contributed by atoms with E-state index >= 15 is 0 Å². The molecule has 0 bridgehead atoms. The maximum atomic E-state index is 12.6. The zero-order valence-corrected chi connectivity index (χ0v) is 17.3. The van der Waals surface area contributed by atoms with Gasteiger partial charge in [0, 0.05) is 49.0 Å². The fourth-order valence-corrected chi connectivity index (χ4v) is 4.67. The lowest BCUT2D eigenvalue weighted by Crippen LogP contribution is -2.55. The summed E-state index contributed by atoms with van der Waals surface area (Å²) in [6, 6.07) is 2.09. The second-order valence-electron chi connectivity index (χ2n) is 7.30. The number of ether oxygens (including phenoxy) is 1. The van der Waals surface area contributed by atoms with E-state index in [-0.39, 0.29) is 18.0 Å². The van der Waals surface area contributed by atoms with Crippen molar-refractivity contribution in [2.45, 2.75) is 26.8 Å². The molecule has 150 valence electrons. The van der Waals surface area contributed by atoms with E-state index in [2.05, 4.69) is 30.1 Å². The fourth-order valence-electron chi connectivity index (χ4n) is 3.64. The highest BCUT2D eigenvalue weighted by atomic mass is 32.1. The summed E-state index contributed by atoms with van der Waals surface area (Å²) in [5, 5.41) is 3.10. The Kier molecular flexibility index (Phi) is 6.73. The Hall–Kier alpha value is -1.64. The Bertz CT molecular complexity index is 664. The number of hydrogen-bond acceptors (Lipinski definition) is 5. The number of hydrogen-bond donors (Lipinski definition) is 1. The number of aryl methyl sites for hydroxylation is 2. The first kappa shape index (κ1) is 20.1. The summed E-state index contributed by atoms with van der Waals surface area (Å²) in [5.74, 6) is 0.148. The van der Waals surface area contributed by atoms with Crippen LogP contribution in [-0.2, 0) is 9.53 Å². The van der Waals surface area contributed by atoms with Gasteiger partial charge in [0.2, 0.25) is 5.91 Å². The van der Waals surface area contributed by atoms with E-state index in [9.17, 15) is 9.59 Å². The van der Waals surface area contributed by atoms with E-state index in [1.54, 1.807) is 11.3 Å². The van der Waals surface area contributed by atoms with Crippen molar-refractivity contribution in [3.63, 3.8) is 0 Å². The normalized spacial score (nSPS) is 19.8. The number of carbonyl (C=O) groups excluding carboxylic acids is 2. The summed E-state index contributed by atoms with van der Waals surface area (Å²) in [7, 11) is 0. The lowest BCUT2D eigenvalue weighted by Gasteiger charge is -2.36. The fraction of sp³-hybridized carbons (Fsp3) is 0.684. The molecule has 2 fully saturated rings. The standard InChI is InChI=1S/C19H30N4O3S/c1-14-12-17(16(3)27-14)15(2)20-19(25)23-6-4-22(5-7-23)18(24)13-21-8-10-26-11-9-21/h12,15H,4-11,13H2,1-3H3,(H,20,25). The third-order valence-corrected chi connectivity index (χ3v) is 6.25. The van der Waals surface area contributed by atoms with Crippen molar-refractivity contribution in [2.75, 3.05) is 59.0 Å².